The minimum absolute atomic E-state index is 0. The van der Waals surface area contributed by atoms with Crippen molar-refractivity contribution in [1.82, 2.24) is 10.6 Å². The fourth-order valence-electron chi connectivity index (χ4n) is 2.64. The number of aryl methyl sites for hydroxylation is 1. The van der Waals surface area contributed by atoms with E-state index in [0.29, 0.717) is 24.3 Å². The SMILES string of the molecule is Cc1c(CNC(=O)CC2CSCCN2)oc2ccc(F)cc12.Cl. The molecule has 1 amide bonds. The number of furan rings is 1. The molecule has 1 fully saturated rings. The first-order valence-corrected chi connectivity index (χ1v) is 8.54. The second-order valence-corrected chi connectivity index (χ2v) is 6.65. The van der Waals surface area contributed by atoms with Crippen molar-refractivity contribution in [2.75, 3.05) is 18.1 Å². The van der Waals surface area contributed by atoms with Crippen molar-refractivity contribution in [1.29, 1.82) is 0 Å². The lowest BCUT2D eigenvalue weighted by molar-refractivity contribution is -0.121. The Hall–Kier alpha value is -1.24. The van der Waals surface area contributed by atoms with Crippen molar-refractivity contribution >= 4 is 41.0 Å². The molecule has 1 aromatic carbocycles. The van der Waals surface area contributed by atoms with Crippen LogP contribution < -0.4 is 10.6 Å². The van der Waals surface area contributed by atoms with E-state index >= 15 is 0 Å². The lowest BCUT2D eigenvalue weighted by Crippen LogP contribution is -2.41. The van der Waals surface area contributed by atoms with Crippen LogP contribution in [0.4, 0.5) is 4.39 Å². The largest absolute Gasteiger partial charge is 0.459 e. The average Bonchev–Trinajstić information content (AvgIpc) is 2.82. The Morgan fingerprint density at radius 3 is 3.09 bits per heavy atom. The molecule has 0 saturated carbocycles. The number of amides is 1. The zero-order chi connectivity index (χ0) is 15.5. The second kappa shape index (κ2) is 8.04. The summed E-state index contributed by atoms with van der Waals surface area (Å²) in [6.07, 6.45) is 0.473. The molecule has 1 unspecified atom stereocenters. The average molecular weight is 359 g/mol. The molecular formula is C16H20ClFN2O2S. The van der Waals surface area contributed by atoms with Gasteiger partial charge in [-0.1, -0.05) is 0 Å². The van der Waals surface area contributed by atoms with Gasteiger partial charge in [0.15, 0.2) is 0 Å². The first-order valence-electron chi connectivity index (χ1n) is 7.39. The van der Waals surface area contributed by atoms with Crippen molar-refractivity contribution in [3.05, 3.63) is 35.3 Å². The van der Waals surface area contributed by atoms with Crippen LogP contribution in [-0.2, 0) is 11.3 Å². The van der Waals surface area contributed by atoms with Crippen molar-refractivity contribution < 1.29 is 13.6 Å². The summed E-state index contributed by atoms with van der Waals surface area (Å²) in [5, 5.41) is 6.99. The minimum Gasteiger partial charge on any atom is -0.459 e. The van der Waals surface area contributed by atoms with Crippen molar-refractivity contribution in [2.24, 2.45) is 0 Å². The normalized spacial score (nSPS) is 17.7. The standard InChI is InChI=1S/C16H19FN2O2S.ClH/c1-10-13-6-11(17)2-3-14(13)21-15(10)8-19-16(20)7-12-9-22-5-4-18-12;/h2-3,6,12,18H,4-5,7-9H2,1H3,(H,19,20);1H. The van der Waals surface area contributed by atoms with E-state index in [0.717, 1.165) is 29.0 Å². The van der Waals surface area contributed by atoms with Crippen molar-refractivity contribution in [3.63, 3.8) is 0 Å². The van der Waals surface area contributed by atoms with Crippen LogP contribution in [-0.4, -0.2) is 30.0 Å². The number of benzene rings is 1. The minimum atomic E-state index is -0.284. The van der Waals surface area contributed by atoms with Crippen LogP contribution in [0, 0.1) is 12.7 Å². The maximum Gasteiger partial charge on any atom is 0.221 e. The molecule has 4 nitrogen and oxygen atoms in total. The summed E-state index contributed by atoms with van der Waals surface area (Å²) in [7, 11) is 0. The van der Waals surface area contributed by atoms with Crippen LogP contribution in [0.25, 0.3) is 11.0 Å². The number of carbonyl (C=O) groups is 1. The number of nitrogens with one attached hydrogen (secondary N) is 2. The van der Waals surface area contributed by atoms with Crippen LogP contribution in [0.3, 0.4) is 0 Å². The van der Waals surface area contributed by atoms with Gasteiger partial charge in [-0.15, -0.1) is 12.4 Å². The number of carbonyl (C=O) groups excluding carboxylic acids is 1. The molecule has 1 saturated heterocycles. The third-order valence-electron chi connectivity index (χ3n) is 3.87. The van der Waals surface area contributed by atoms with Crippen LogP contribution in [0.1, 0.15) is 17.7 Å². The molecule has 3 rings (SSSR count). The molecule has 2 N–H and O–H groups in total. The van der Waals surface area contributed by atoms with Crippen molar-refractivity contribution in [3.8, 4) is 0 Å². The highest BCUT2D eigenvalue weighted by atomic mass is 35.5. The van der Waals surface area contributed by atoms with Gasteiger partial charge in [0.05, 0.1) is 6.54 Å². The number of halogens is 2. The molecular weight excluding hydrogens is 339 g/mol. The Bertz CT molecular complexity index is 686. The van der Waals surface area contributed by atoms with E-state index in [-0.39, 0.29) is 30.2 Å². The number of hydrogen-bond donors (Lipinski definition) is 2. The molecule has 1 aliphatic rings. The summed E-state index contributed by atoms with van der Waals surface area (Å²) in [6, 6.07) is 4.69. The van der Waals surface area contributed by atoms with E-state index in [1.54, 1.807) is 6.07 Å². The van der Waals surface area contributed by atoms with E-state index < -0.39 is 0 Å². The number of thioether (sulfide) groups is 1. The molecule has 0 radical (unpaired) electrons. The third-order valence-corrected chi connectivity index (χ3v) is 5.00. The maximum atomic E-state index is 13.3. The molecule has 7 heteroatoms. The molecule has 1 atom stereocenters. The van der Waals surface area contributed by atoms with Gasteiger partial charge in [-0.25, -0.2) is 4.39 Å². The third kappa shape index (κ3) is 4.40. The lowest BCUT2D eigenvalue weighted by atomic mass is 10.1. The van der Waals surface area contributed by atoms with E-state index in [9.17, 15) is 9.18 Å². The molecule has 2 heterocycles. The Balaban J connectivity index is 0.00000192. The van der Waals surface area contributed by atoms with Gasteiger partial charge in [0.25, 0.3) is 0 Å². The van der Waals surface area contributed by atoms with Crippen LogP contribution in [0.2, 0.25) is 0 Å². The predicted molar refractivity (Wildman–Crippen MR) is 93.7 cm³/mol. The predicted octanol–water partition coefficient (Wildman–Crippen LogP) is 3.01. The molecule has 1 aromatic heterocycles. The summed E-state index contributed by atoms with van der Waals surface area (Å²) in [4.78, 5) is 12.0. The summed E-state index contributed by atoms with van der Waals surface area (Å²) < 4.78 is 19.0. The lowest BCUT2D eigenvalue weighted by Gasteiger charge is -2.22. The summed E-state index contributed by atoms with van der Waals surface area (Å²) >= 11 is 1.87. The quantitative estimate of drug-likeness (QED) is 0.882. The van der Waals surface area contributed by atoms with Gasteiger partial charge >= 0.3 is 0 Å². The van der Waals surface area contributed by atoms with Crippen LogP contribution >= 0.6 is 24.2 Å². The number of fused-ring (bicyclic) bond motifs is 1. The first kappa shape index (κ1) is 18.1. The zero-order valence-electron chi connectivity index (χ0n) is 12.9. The van der Waals surface area contributed by atoms with E-state index in [1.807, 2.05) is 18.7 Å². The van der Waals surface area contributed by atoms with Gasteiger partial charge in [-0.2, -0.15) is 11.8 Å². The van der Waals surface area contributed by atoms with Gasteiger partial charge < -0.3 is 15.1 Å². The Morgan fingerprint density at radius 1 is 1.52 bits per heavy atom. The van der Waals surface area contributed by atoms with E-state index in [1.165, 1.54) is 12.1 Å². The highest BCUT2D eigenvalue weighted by molar-refractivity contribution is 7.99. The molecule has 2 aromatic rings. The fraction of sp³-hybridized carbons (Fsp3) is 0.438. The second-order valence-electron chi connectivity index (χ2n) is 5.50. The summed E-state index contributed by atoms with van der Waals surface area (Å²) in [6.45, 7) is 3.17. The molecule has 0 spiro atoms. The number of rotatable bonds is 4. The Kier molecular flexibility index (Phi) is 6.33. The van der Waals surface area contributed by atoms with E-state index in [4.69, 9.17) is 4.42 Å². The van der Waals surface area contributed by atoms with Gasteiger partial charge in [-0.3, -0.25) is 4.79 Å². The summed E-state index contributed by atoms with van der Waals surface area (Å²) in [5.74, 6) is 2.47. The maximum absolute atomic E-state index is 13.3. The van der Waals surface area contributed by atoms with Gasteiger partial charge in [0.2, 0.25) is 5.91 Å². The Labute approximate surface area is 145 Å². The summed E-state index contributed by atoms with van der Waals surface area (Å²) in [5.41, 5.74) is 1.52. The number of hydrogen-bond acceptors (Lipinski definition) is 4. The van der Waals surface area contributed by atoms with Gasteiger partial charge in [0.1, 0.15) is 17.2 Å². The zero-order valence-corrected chi connectivity index (χ0v) is 14.5. The Morgan fingerprint density at radius 2 is 2.35 bits per heavy atom. The molecule has 1 aliphatic heterocycles. The molecule has 0 aliphatic carbocycles. The van der Waals surface area contributed by atoms with Crippen molar-refractivity contribution in [2.45, 2.75) is 25.9 Å². The van der Waals surface area contributed by atoms with Gasteiger partial charge in [-0.05, 0) is 25.1 Å². The topological polar surface area (TPSA) is 54.3 Å². The monoisotopic (exact) mass is 358 g/mol. The van der Waals surface area contributed by atoms with E-state index in [2.05, 4.69) is 10.6 Å². The molecule has 0 bridgehead atoms. The highest BCUT2D eigenvalue weighted by Gasteiger charge is 2.17. The highest BCUT2D eigenvalue weighted by Crippen LogP contribution is 2.25. The first-order chi connectivity index (χ1) is 10.6. The van der Waals surface area contributed by atoms with Gasteiger partial charge in [0, 0.05) is 41.5 Å². The van der Waals surface area contributed by atoms with Crippen LogP contribution in [0.15, 0.2) is 22.6 Å². The molecule has 23 heavy (non-hydrogen) atoms. The fourth-order valence-corrected chi connectivity index (χ4v) is 3.59. The van der Waals surface area contributed by atoms with Crippen LogP contribution in [0.5, 0.6) is 0 Å². The molecule has 126 valence electrons. The smallest absolute Gasteiger partial charge is 0.221 e.